The van der Waals surface area contributed by atoms with Gasteiger partial charge in [-0.25, -0.2) is 4.98 Å². The largest absolute Gasteiger partial charge is 0.459 e. The molecule has 7 nitrogen and oxygen atoms in total. The first-order valence-corrected chi connectivity index (χ1v) is 12.6. The zero-order valence-electron chi connectivity index (χ0n) is 20.9. The number of esters is 1. The number of anilines is 2. The van der Waals surface area contributed by atoms with Crippen molar-refractivity contribution in [2.75, 3.05) is 4.90 Å². The van der Waals surface area contributed by atoms with E-state index in [0.29, 0.717) is 23.2 Å². The molecule has 0 atom stereocenters. The van der Waals surface area contributed by atoms with E-state index in [2.05, 4.69) is 37.8 Å². The zero-order valence-corrected chi connectivity index (χ0v) is 21.7. The maximum atomic E-state index is 12.4. The summed E-state index contributed by atoms with van der Waals surface area (Å²) in [5.41, 5.74) is 5.79. The van der Waals surface area contributed by atoms with Crippen molar-refractivity contribution in [1.29, 1.82) is 0 Å². The van der Waals surface area contributed by atoms with E-state index in [1.165, 1.54) is 23.8 Å². The number of carbonyl (C=O) groups excluding carboxylic acids is 2. The average molecular weight is 483 g/mol. The number of benzene rings is 1. The van der Waals surface area contributed by atoms with Crippen molar-refractivity contribution in [2.45, 2.75) is 74.0 Å². The van der Waals surface area contributed by atoms with Crippen LogP contribution < -0.4 is 4.90 Å². The Hall–Kier alpha value is -3.00. The number of aromatic nitrogens is 3. The summed E-state index contributed by atoms with van der Waals surface area (Å²) in [6, 6.07) is 7.87. The standard InChI is InChI=1S/C26H34N4O3S/c1-7-21-8-10-23(11-9-21)30(20(6)31)26-27-22(16-34-26)15-33-25(32)13-12-24-18(4)28-29(19(24)5)14-17(2)3/h8-11,16-17H,7,12-15H2,1-6H3. The van der Waals surface area contributed by atoms with Gasteiger partial charge in [0.1, 0.15) is 6.61 Å². The third-order valence-corrected chi connectivity index (χ3v) is 6.55. The van der Waals surface area contributed by atoms with Gasteiger partial charge in [-0.1, -0.05) is 32.9 Å². The molecule has 0 saturated carbocycles. The molecule has 0 aliphatic rings. The number of hydrogen-bond acceptors (Lipinski definition) is 6. The number of nitrogens with zero attached hydrogens (tertiary/aromatic N) is 4. The molecule has 1 amide bonds. The number of hydrogen-bond donors (Lipinski definition) is 0. The van der Waals surface area contributed by atoms with Crippen LogP contribution in [0.1, 0.15) is 62.3 Å². The highest BCUT2D eigenvalue weighted by molar-refractivity contribution is 7.14. The van der Waals surface area contributed by atoms with Crippen LogP contribution in [-0.2, 0) is 40.3 Å². The van der Waals surface area contributed by atoms with Gasteiger partial charge in [0, 0.05) is 31.0 Å². The topological polar surface area (TPSA) is 77.3 Å². The molecular weight excluding hydrogens is 448 g/mol. The van der Waals surface area contributed by atoms with Crippen LogP contribution in [0.25, 0.3) is 0 Å². The van der Waals surface area contributed by atoms with Gasteiger partial charge in [-0.3, -0.25) is 19.2 Å². The van der Waals surface area contributed by atoms with Gasteiger partial charge < -0.3 is 4.74 Å². The van der Waals surface area contributed by atoms with E-state index >= 15 is 0 Å². The molecule has 3 rings (SSSR count). The van der Waals surface area contributed by atoms with Crippen molar-refractivity contribution < 1.29 is 14.3 Å². The second kappa shape index (κ2) is 11.4. The molecule has 0 radical (unpaired) electrons. The summed E-state index contributed by atoms with van der Waals surface area (Å²) in [6.45, 7) is 12.9. The smallest absolute Gasteiger partial charge is 0.306 e. The normalized spacial score (nSPS) is 11.1. The lowest BCUT2D eigenvalue weighted by Gasteiger charge is -2.18. The molecule has 0 aliphatic carbocycles. The highest BCUT2D eigenvalue weighted by Gasteiger charge is 2.19. The van der Waals surface area contributed by atoms with Crippen molar-refractivity contribution >= 4 is 34.0 Å². The SMILES string of the molecule is CCc1ccc(N(C(C)=O)c2nc(COC(=O)CCc3c(C)nn(CC(C)C)c3C)cs2)cc1. The first-order chi connectivity index (χ1) is 16.2. The number of carbonyl (C=O) groups is 2. The Morgan fingerprint density at radius 3 is 2.50 bits per heavy atom. The van der Waals surface area contributed by atoms with Gasteiger partial charge in [0.25, 0.3) is 0 Å². The Labute approximate surface area is 205 Å². The summed E-state index contributed by atoms with van der Waals surface area (Å²) < 4.78 is 7.49. The maximum absolute atomic E-state index is 12.4. The Morgan fingerprint density at radius 1 is 1.18 bits per heavy atom. The summed E-state index contributed by atoms with van der Waals surface area (Å²) in [5, 5.41) is 7.00. The molecule has 8 heteroatoms. The van der Waals surface area contributed by atoms with Gasteiger partial charge in [-0.15, -0.1) is 11.3 Å². The Morgan fingerprint density at radius 2 is 1.88 bits per heavy atom. The Kier molecular flexibility index (Phi) is 8.61. The summed E-state index contributed by atoms with van der Waals surface area (Å²) >= 11 is 1.36. The van der Waals surface area contributed by atoms with E-state index in [4.69, 9.17) is 4.74 Å². The molecule has 0 unspecified atom stereocenters. The molecule has 0 spiro atoms. The molecule has 0 aliphatic heterocycles. The van der Waals surface area contributed by atoms with Gasteiger partial charge in [0.05, 0.1) is 17.1 Å². The molecule has 0 saturated heterocycles. The highest BCUT2D eigenvalue weighted by atomic mass is 32.1. The maximum Gasteiger partial charge on any atom is 0.306 e. The second-order valence-electron chi connectivity index (χ2n) is 8.88. The van der Waals surface area contributed by atoms with E-state index in [9.17, 15) is 9.59 Å². The summed E-state index contributed by atoms with van der Waals surface area (Å²) in [7, 11) is 0. The van der Waals surface area contributed by atoms with Crippen molar-refractivity contribution in [3.63, 3.8) is 0 Å². The Balaban J connectivity index is 1.58. The third kappa shape index (κ3) is 6.32. The van der Waals surface area contributed by atoms with E-state index in [0.717, 1.165) is 35.6 Å². The van der Waals surface area contributed by atoms with E-state index < -0.39 is 0 Å². The van der Waals surface area contributed by atoms with Crippen LogP contribution in [-0.4, -0.2) is 26.6 Å². The predicted molar refractivity (Wildman–Crippen MR) is 135 cm³/mol. The van der Waals surface area contributed by atoms with E-state index in [1.54, 1.807) is 4.90 Å². The number of rotatable bonds is 10. The molecule has 0 bridgehead atoms. The Bertz CT molecular complexity index is 1130. The molecule has 182 valence electrons. The number of amides is 1. The molecule has 0 N–H and O–H groups in total. The lowest BCUT2D eigenvalue weighted by molar-refractivity contribution is -0.145. The van der Waals surface area contributed by atoms with Crippen molar-refractivity contribution in [2.24, 2.45) is 5.92 Å². The van der Waals surface area contributed by atoms with E-state index in [1.807, 2.05) is 41.3 Å². The van der Waals surface area contributed by atoms with Gasteiger partial charge >= 0.3 is 5.97 Å². The highest BCUT2D eigenvalue weighted by Crippen LogP contribution is 2.29. The van der Waals surface area contributed by atoms with E-state index in [-0.39, 0.29) is 24.9 Å². The fourth-order valence-corrected chi connectivity index (χ4v) is 4.72. The van der Waals surface area contributed by atoms with Gasteiger partial charge in [0.15, 0.2) is 5.13 Å². The molecule has 34 heavy (non-hydrogen) atoms. The number of ether oxygens (including phenoxy) is 1. The second-order valence-corrected chi connectivity index (χ2v) is 9.72. The van der Waals surface area contributed by atoms with Crippen molar-refractivity contribution in [3.05, 3.63) is 57.9 Å². The van der Waals surface area contributed by atoms with Crippen LogP contribution in [0.15, 0.2) is 29.6 Å². The minimum absolute atomic E-state index is 0.0838. The fourth-order valence-electron chi connectivity index (χ4n) is 3.85. The molecule has 3 aromatic rings. The van der Waals surface area contributed by atoms with Crippen LogP contribution in [0.3, 0.4) is 0 Å². The number of thiazole rings is 1. The van der Waals surface area contributed by atoms with Crippen LogP contribution >= 0.6 is 11.3 Å². The lowest BCUT2D eigenvalue weighted by Crippen LogP contribution is -2.22. The summed E-state index contributed by atoms with van der Waals surface area (Å²) in [5.74, 6) is 0.114. The van der Waals surface area contributed by atoms with Gasteiger partial charge in [0.2, 0.25) is 5.91 Å². The average Bonchev–Trinajstić information content (AvgIpc) is 3.35. The lowest BCUT2D eigenvalue weighted by atomic mass is 10.1. The third-order valence-electron chi connectivity index (χ3n) is 5.68. The van der Waals surface area contributed by atoms with Crippen LogP contribution in [0.4, 0.5) is 10.8 Å². The molecular formula is C26H34N4O3S. The molecule has 0 fully saturated rings. The van der Waals surface area contributed by atoms with Crippen LogP contribution in [0, 0.1) is 19.8 Å². The quantitative estimate of drug-likeness (QED) is 0.355. The van der Waals surface area contributed by atoms with Crippen LogP contribution in [0.5, 0.6) is 0 Å². The zero-order chi connectivity index (χ0) is 24.8. The minimum atomic E-state index is -0.275. The summed E-state index contributed by atoms with van der Waals surface area (Å²) in [4.78, 5) is 30.8. The minimum Gasteiger partial charge on any atom is -0.459 e. The van der Waals surface area contributed by atoms with Crippen molar-refractivity contribution in [3.8, 4) is 0 Å². The first kappa shape index (κ1) is 25.6. The molecule has 2 aromatic heterocycles. The number of aryl methyl sites for hydroxylation is 2. The van der Waals surface area contributed by atoms with Gasteiger partial charge in [-0.2, -0.15) is 5.10 Å². The van der Waals surface area contributed by atoms with Crippen LogP contribution in [0.2, 0.25) is 0 Å². The van der Waals surface area contributed by atoms with Gasteiger partial charge in [-0.05, 0) is 55.9 Å². The molecule has 1 aromatic carbocycles. The monoisotopic (exact) mass is 482 g/mol. The van der Waals surface area contributed by atoms with Crippen molar-refractivity contribution in [1.82, 2.24) is 14.8 Å². The first-order valence-electron chi connectivity index (χ1n) is 11.7. The summed E-state index contributed by atoms with van der Waals surface area (Å²) in [6.07, 6.45) is 1.82. The fraction of sp³-hybridized carbons (Fsp3) is 0.462. The molecule has 2 heterocycles. The predicted octanol–water partition coefficient (Wildman–Crippen LogP) is 5.54.